The fraction of sp³-hybridized carbons (Fsp3) is 0.682. The molecule has 0 saturated carbocycles. The molecule has 0 aromatic carbocycles. The van der Waals surface area contributed by atoms with Crippen LogP contribution in [0, 0.1) is 0 Å². The normalized spacial score (nSPS) is 23.5. The van der Waals surface area contributed by atoms with Crippen molar-refractivity contribution in [1.29, 1.82) is 0 Å². The van der Waals surface area contributed by atoms with Gasteiger partial charge in [0.2, 0.25) is 8.32 Å². The minimum absolute atomic E-state index is 0.0388. The first kappa shape index (κ1) is 25.0. The summed E-state index contributed by atoms with van der Waals surface area (Å²) in [6, 6.07) is -0.866. The van der Waals surface area contributed by atoms with Crippen molar-refractivity contribution in [1.82, 2.24) is 4.90 Å². The number of amides is 1. The zero-order valence-corrected chi connectivity index (χ0v) is 21.2. The van der Waals surface area contributed by atoms with Crippen molar-refractivity contribution in [2.75, 3.05) is 14.2 Å². The van der Waals surface area contributed by atoms with E-state index >= 15 is 0 Å². The lowest BCUT2D eigenvalue weighted by atomic mass is 9.88. The second-order valence-electron chi connectivity index (χ2n) is 10.4. The van der Waals surface area contributed by atoms with Crippen LogP contribution in [0.4, 0.5) is 4.79 Å². The number of fused-ring (bicyclic) bond motifs is 2. The molecule has 2 bridgehead atoms. The number of carbonyl (C=O) groups is 3. The Morgan fingerprint density at radius 3 is 2.10 bits per heavy atom. The zero-order chi connectivity index (χ0) is 24.0. The van der Waals surface area contributed by atoms with Gasteiger partial charge in [0.05, 0.1) is 31.6 Å². The minimum Gasteiger partial charge on any atom is -0.546 e. The summed E-state index contributed by atoms with van der Waals surface area (Å²) in [7, 11) is 0.169. The van der Waals surface area contributed by atoms with E-state index in [0.717, 1.165) is 0 Å². The fourth-order valence-corrected chi connectivity index (χ4v) is 4.54. The molecule has 0 spiro atoms. The van der Waals surface area contributed by atoms with Gasteiger partial charge in [0.25, 0.3) is 0 Å². The molecular weight excluding hydrogens is 418 g/mol. The van der Waals surface area contributed by atoms with E-state index in [1.807, 2.05) is 0 Å². The first-order valence-corrected chi connectivity index (χ1v) is 13.2. The predicted molar refractivity (Wildman–Crippen MR) is 118 cm³/mol. The van der Waals surface area contributed by atoms with E-state index < -0.39 is 43.5 Å². The first-order valence-electron chi connectivity index (χ1n) is 10.3. The van der Waals surface area contributed by atoms with Crippen molar-refractivity contribution in [2.45, 2.75) is 83.3 Å². The van der Waals surface area contributed by atoms with Crippen LogP contribution in [0.3, 0.4) is 0 Å². The van der Waals surface area contributed by atoms with E-state index in [1.54, 1.807) is 32.9 Å². The highest BCUT2D eigenvalue weighted by Crippen LogP contribution is 2.47. The lowest BCUT2D eigenvalue weighted by molar-refractivity contribution is -0.153. The second kappa shape index (κ2) is 8.00. The maximum absolute atomic E-state index is 13.2. The van der Waals surface area contributed by atoms with Crippen molar-refractivity contribution in [2.24, 2.45) is 0 Å². The molecule has 2 rings (SSSR count). The smallest absolute Gasteiger partial charge is 0.412 e. The molecular formula is C22H35NO7Si. The largest absolute Gasteiger partial charge is 0.546 e. The zero-order valence-electron chi connectivity index (χ0n) is 20.2. The van der Waals surface area contributed by atoms with Crippen molar-refractivity contribution in [3.05, 3.63) is 23.5 Å². The SMILES string of the molecule is COC(=O)C1=C(O[Si](C)(C)C(C)(C)C)CC2(C(=O)OC)C=CC1N2C(=O)OC(C)(C)C. The van der Waals surface area contributed by atoms with Crippen molar-refractivity contribution >= 4 is 26.3 Å². The highest BCUT2D eigenvalue weighted by Gasteiger charge is 2.60. The number of hydrogen-bond acceptors (Lipinski definition) is 7. The van der Waals surface area contributed by atoms with Crippen LogP contribution in [0.2, 0.25) is 18.1 Å². The highest BCUT2D eigenvalue weighted by molar-refractivity contribution is 6.74. The Morgan fingerprint density at radius 1 is 1.06 bits per heavy atom. The van der Waals surface area contributed by atoms with Crippen LogP contribution >= 0.6 is 0 Å². The molecule has 0 N–H and O–H groups in total. The van der Waals surface area contributed by atoms with E-state index in [0.29, 0.717) is 5.76 Å². The summed E-state index contributed by atoms with van der Waals surface area (Å²) in [5.41, 5.74) is -2.05. The van der Waals surface area contributed by atoms with Crippen LogP contribution in [-0.4, -0.2) is 62.7 Å². The van der Waals surface area contributed by atoms with E-state index in [9.17, 15) is 14.4 Å². The molecule has 0 fully saturated rings. The van der Waals surface area contributed by atoms with Gasteiger partial charge in [-0.15, -0.1) is 0 Å². The molecule has 2 atom stereocenters. The molecule has 0 saturated heterocycles. The van der Waals surface area contributed by atoms with Gasteiger partial charge in [-0.25, -0.2) is 14.4 Å². The molecule has 8 nitrogen and oxygen atoms in total. The maximum Gasteiger partial charge on any atom is 0.412 e. The molecule has 0 radical (unpaired) electrons. The first-order chi connectivity index (χ1) is 14.0. The van der Waals surface area contributed by atoms with Gasteiger partial charge in [-0.1, -0.05) is 26.8 Å². The quantitative estimate of drug-likeness (QED) is 0.276. The predicted octanol–water partition coefficient (Wildman–Crippen LogP) is 3.93. The van der Waals surface area contributed by atoms with Crippen LogP contribution in [0.5, 0.6) is 0 Å². The molecule has 0 aromatic rings. The van der Waals surface area contributed by atoms with Gasteiger partial charge in [-0.3, -0.25) is 4.90 Å². The standard InChI is InChI=1S/C22H35NO7Si/c1-20(2,3)29-19(26)23-14-11-12-22(23,18(25)28-8)13-15(16(14)17(24)27-7)30-31(9,10)21(4,5)6/h11-12,14H,13H2,1-10H3. The summed E-state index contributed by atoms with van der Waals surface area (Å²) in [5, 5.41) is -0.144. The summed E-state index contributed by atoms with van der Waals surface area (Å²) in [6.45, 7) is 15.5. The van der Waals surface area contributed by atoms with Crippen LogP contribution in [0.15, 0.2) is 23.5 Å². The Hall–Kier alpha value is -2.29. The van der Waals surface area contributed by atoms with Crippen molar-refractivity contribution in [3.63, 3.8) is 0 Å². The maximum atomic E-state index is 13.2. The average molecular weight is 454 g/mol. The van der Waals surface area contributed by atoms with Gasteiger partial charge in [0.1, 0.15) is 5.60 Å². The summed E-state index contributed by atoms with van der Waals surface area (Å²) in [4.78, 5) is 40.2. The molecule has 0 aromatic heterocycles. The third kappa shape index (κ3) is 4.51. The number of methoxy groups -OCH3 is 2. The Balaban J connectivity index is 2.67. The molecule has 2 heterocycles. The summed E-state index contributed by atoms with van der Waals surface area (Å²) < 4.78 is 22.2. The monoisotopic (exact) mass is 453 g/mol. The molecule has 0 aliphatic carbocycles. The van der Waals surface area contributed by atoms with Gasteiger partial charge in [-0.05, 0) is 45.0 Å². The van der Waals surface area contributed by atoms with Gasteiger partial charge in [0.15, 0.2) is 5.54 Å². The Labute approximate surface area is 185 Å². The Morgan fingerprint density at radius 2 is 1.65 bits per heavy atom. The molecule has 2 aliphatic heterocycles. The number of hydrogen-bond donors (Lipinski definition) is 0. The number of esters is 2. The van der Waals surface area contributed by atoms with Crippen LogP contribution in [0.1, 0.15) is 48.0 Å². The van der Waals surface area contributed by atoms with Crippen molar-refractivity contribution in [3.8, 4) is 0 Å². The topological polar surface area (TPSA) is 91.4 Å². The van der Waals surface area contributed by atoms with Gasteiger partial charge in [0, 0.05) is 6.42 Å². The number of nitrogens with zero attached hydrogens (tertiary/aromatic N) is 1. The van der Waals surface area contributed by atoms with E-state index in [4.69, 9.17) is 18.6 Å². The van der Waals surface area contributed by atoms with Gasteiger partial charge >= 0.3 is 18.0 Å². The molecule has 31 heavy (non-hydrogen) atoms. The van der Waals surface area contributed by atoms with Crippen LogP contribution in [-0.2, 0) is 28.2 Å². The third-order valence-corrected chi connectivity index (χ3v) is 10.4. The molecule has 9 heteroatoms. The second-order valence-corrected chi connectivity index (χ2v) is 15.2. The Kier molecular flexibility index (Phi) is 6.44. The summed E-state index contributed by atoms with van der Waals surface area (Å²) in [5.74, 6) is -0.881. The van der Waals surface area contributed by atoms with Gasteiger partial charge < -0.3 is 18.6 Å². The lowest BCUT2D eigenvalue weighted by Crippen LogP contribution is -2.61. The fourth-order valence-electron chi connectivity index (χ4n) is 3.44. The summed E-state index contributed by atoms with van der Waals surface area (Å²) >= 11 is 0. The number of rotatable bonds is 4. The third-order valence-electron chi connectivity index (χ3n) is 6.01. The molecule has 174 valence electrons. The van der Waals surface area contributed by atoms with Crippen LogP contribution < -0.4 is 0 Å². The van der Waals surface area contributed by atoms with E-state index in [1.165, 1.54) is 19.1 Å². The van der Waals surface area contributed by atoms with Crippen molar-refractivity contribution < 1.29 is 33.0 Å². The van der Waals surface area contributed by atoms with E-state index in [2.05, 4.69) is 33.9 Å². The lowest BCUT2D eigenvalue weighted by Gasteiger charge is -2.46. The minimum atomic E-state index is -2.37. The number of ether oxygens (including phenoxy) is 3. The molecule has 2 unspecified atom stereocenters. The summed E-state index contributed by atoms with van der Waals surface area (Å²) in [6.07, 6.45) is 2.47. The molecule has 1 amide bonds. The van der Waals surface area contributed by atoms with Crippen LogP contribution in [0.25, 0.3) is 0 Å². The highest BCUT2D eigenvalue weighted by atomic mass is 28.4. The average Bonchev–Trinajstić information content (AvgIpc) is 2.90. The molecule has 2 aliphatic rings. The number of carbonyl (C=O) groups excluding carboxylic acids is 3. The van der Waals surface area contributed by atoms with E-state index in [-0.39, 0.29) is 17.0 Å². The Bertz CT molecular complexity index is 832. The van der Waals surface area contributed by atoms with Gasteiger partial charge in [-0.2, -0.15) is 0 Å².